The van der Waals surface area contributed by atoms with Gasteiger partial charge in [0.15, 0.2) is 0 Å². The number of carbonyl (C=O) groups is 1. The molecule has 7 nitrogen and oxygen atoms in total. The Labute approximate surface area is 159 Å². The average molecular weight is 367 g/mol. The van der Waals surface area contributed by atoms with E-state index in [4.69, 9.17) is 4.52 Å². The van der Waals surface area contributed by atoms with Crippen LogP contribution in [-0.4, -0.2) is 32.9 Å². The van der Waals surface area contributed by atoms with Gasteiger partial charge >= 0.3 is 6.03 Å². The van der Waals surface area contributed by atoms with E-state index in [1.165, 1.54) is 0 Å². The van der Waals surface area contributed by atoms with Gasteiger partial charge in [-0.25, -0.2) is 9.48 Å². The fourth-order valence-electron chi connectivity index (χ4n) is 2.84. The molecule has 7 heteroatoms. The van der Waals surface area contributed by atoms with Gasteiger partial charge in [0.05, 0.1) is 18.3 Å². The Kier molecular flexibility index (Phi) is 5.59. The number of aromatic nitrogens is 3. The zero-order chi connectivity index (χ0) is 19.4. The molecule has 0 aliphatic carbocycles. The van der Waals surface area contributed by atoms with Crippen LogP contribution in [0.15, 0.2) is 53.3 Å². The second-order valence-electron chi connectivity index (χ2n) is 6.91. The van der Waals surface area contributed by atoms with Crippen LogP contribution in [0.4, 0.5) is 4.79 Å². The Bertz CT molecular complexity index is 885. The summed E-state index contributed by atoms with van der Waals surface area (Å²) in [5.41, 5.74) is 2.67. The maximum atomic E-state index is 12.6. The number of nitrogens with zero attached hydrogens (tertiary/aromatic N) is 4. The monoisotopic (exact) mass is 367 g/mol. The van der Waals surface area contributed by atoms with Gasteiger partial charge < -0.3 is 14.7 Å². The molecule has 1 atom stereocenters. The SMILES string of the molecule is CC(C)c1cc(CN(C)C(=O)NC(C)c2ccccc2-n2cccn2)no1. The van der Waals surface area contributed by atoms with E-state index in [2.05, 4.69) is 15.6 Å². The topological polar surface area (TPSA) is 76.2 Å². The molecule has 0 radical (unpaired) electrons. The van der Waals surface area contributed by atoms with Gasteiger partial charge in [-0.15, -0.1) is 0 Å². The number of urea groups is 1. The standard InChI is InChI=1S/C20H25N5O2/c1-14(2)19-12-16(23-27-19)13-24(4)20(26)22-15(3)17-8-5-6-9-18(17)25-11-7-10-21-25/h5-12,14-15H,13H2,1-4H3,(H,22,26). The van der Waals surface area contributed by atoms with Crippen LogP contribution in [0, 0.1) is 0 Å². The van der Waals surface area contributed by atoms with Crippen molar-refractivity contribution in [2.75, 3.05) is 7.05 Å². The lowest BCUT2D eigenvalue weighted by Crippen LogP contribution is -2.38. The molecule has 0 aliphatic heterocycles. The van der Waals surface area contributed by atoms with Crippen molar-refractivity contribution >= 4 is 6.03 Å². The molecule has 0 bridgehead atoms. The Morgan fingerprint density at radius 3 is 2.70 bits per heavy atom. The van der Waals surface area contributed by atoms with E-state index >= 15 is 0 Å². The molecule has 2 heterocycles. The largest absolute Gasteiger partial charge is 0.361 e. The first-order chi connectivity index (χ1) is 13.0. The van der Waals surface area contributed by atoms with Gasteiger partial charge in [0.25, 0.3) is 0 Å². The minimum atomic E-state index is -0.177. The number of benzene rings is 1. The molecule has 3 rings (SSSR count). The Morgan fingerprint density at radius 2 is 2.04 bits per heavy atom. The summed E-state index contributed by atoms with van der Waals surface area (Å²) in [6, 6.07) is 11.3. The van der Waals surface area contributed by atoms with Gasteiger partial charge in [-0.2, -0.15) is 5.10 Å². The molecule has 0 saturated heterocycles. The van der Waals surface area contributed by atoms with Crippen molar-refractivity contribution in [3.05, 3.63) is 65.8 Å². The third kappa shape index (κ3) is 4.36. The zero-order valence-corrected chi connectivity index (χ0v) is 16.1. The summed E-state index contributed by atoms with van der Waals surface area (Å²) in [4.78, 5) is 14.2. The van der Waals surface area contributed by atoms with Crippen molar-refractivity contribution in [3.63, 3.8) is 0 Å². The molecule has 0 saturated carbocycles. The van der Waals surface area contributed by atoms with Crippen molar-refractivity contribution in [1.82, 2.24) is 25.2 Å². The number of amides is 2. The van der Waals surface area contributed by atoms with Crippen LogP contribution in [-0.2, 0) is 6.54 Å². The average Bonchev–Trinajstić information content (AvgIpc) is 3.33. The highest BCUT2D eigenvalue weighted by Crippen LogP contribution is 2.21. The van der Waals surface area contributed by atoms with E-state index in [-0.39, 0.29) is 18.0 Å². The van der Waals surface area contributed by atoms with Gasteiger partial charge in [0, 0.05) is 31.4 Å². The van der Waals surface area contributed by atoms with Crippen LogP contribution in [0.5, 0.6) is 0 Å². The summed E-state index contributed by atoms with van der Waals surface area (Å²) in [7, 11) is 1.74. The zero-order valence-electron chi connectivity index (χ0n) is 16.1. The molecule has 2 aromatic heterocycles. The molecule has 2 amide bonds. The van der Waals surface area contributed by atoms with Crippen LogP contribution in [0.3, 0.4) is 0 Å². The molecule has 0 aliphatic rings. The minimum Gasteiger partial charge on any atom is -0.361 e. The number of rotatable bonds is 6. The van der Waals surface area contributed by atoms with Gasteiger partial charge in [0.1, 0.15) is 11.5 Å². The molecule has 1 N–H and O–H groups in total. The van der Waals surface area contributed by atoms with Crippen LogP contribution in [0.1, 0.15) is 49.7 Å². The fraction of sp³-hybridized carbons (Fsp3) is 0.350. The summed E-state index contributed by atoms with van der Waals surface area (Å²) in [6.07, 6.45) is 3.62. The van der Waals surface area contributed by atoms with E-state index in [1.807, 2.05) is 63.4 Å². The van der Waals surface area contributed by atoms with Gasteiger partial charge in [-0.05, 0) is 24.6 Å². The van der Waals surface area contributed by atoms with Crippen molar-refractivity contribution < 1.29 is 9.32 Å². The Balaban J connectivity index is 1.67. The third-order valence-corrected chi connectivity index (χ3v) is 4.39. The van der Waals surface area contributed by atoms with E-state index in [0.717, 1.165) is 22.7 Å². The lowest BCUT2D eigenvalue weighted by atomic mass is 10.1. The van der Waals surface area contributed by atoms with E-state index in [9.17, 15) is 4.79 Å². The van der Waals surface area contributed by atoms with Gasteiger partial charge in [-0.3, -0.25) is 0 Å². The number of carbonyl (C=O) groups excluding carboxylic acids is 1. The number of nitrogens with one attached hydrogen (secondary N) is 1. The third-order valence-electron chi connectivity index (χ3n) is 4.39. The maximum absolute atomic E-state index is 12.6. The highest BCUT2D eigenvalue weighted by atomic mass is 16.5. The first kappa shape index (κ1) is 18.7. The highest BCUT2D eigenvalue weighted by molar-refractivity contribution is 5.74. The second-order valence-corrected chi connectivity index (χ2v) is 6.91. The molecular weight excluding hydrogens is 342 g/mol. The van der Waals surface area contributed by atoms with Crippen LogP contribution in [0.25, 0.3) is 5.69 Å². The quantitative estimate of drug-likeness (QED) is 0.717. The maximum Gasteiger partial charge on any atom is 0.317 e. The van der Waals surface area contributed by atoms with Crippen LogP contribution >= 0.6 is 0 Å². The minimum absolute atomic E-state index is 0.174. The smallest absolute Gasteiger partial charge is 0.317 e. The molecule has 1 aromatic carbocycles. The summed E-state index contributed by atoms with van der Waals surface area (Å²) >= 11 is 0. The summed E-state index contributed by atoms with van der Waals surface area (Å²) in [5.74, 6) is 1.09. The van der Waals surface area contributed by atoms with Crippen LogP contribution in [0.2, 0.25) is 0 Å². The predicted molar refractivity (Wildman–Crippen MR) is 103 cm³/mol. The first-order valence-corrected chi connectivity index (χ1v) is 9.01. The highest BCUT2D eigenvalue weighted by Gasteiger charge is 2.18. The molecule has 0 fully saturated rings. The van der Waals surface area contributed by atoms with E-state index in [1.54, 1.807) is 22.8 Å². The van der Waals surface area contributed by atoms with E-state index in [0.29, 0.717) is 6.54 Å². The summed E-state index contributed by atoms with van der Waals surface area (Å²) in [5, 5.41) is 11.4. The van der Waals surface area contributed by atoms with Crippen molar-refractivity contribution in [2.24, 2.45) is 0 Å². The number of para-hydroxylation sites is 1. The second kappa shape index (κ2) is 8.07. The lowest BCUT2D eigenvalue weighted by Gasteiger charge is -2.22. The van der Waals surface area contributed by atoms with Gasteiger partial charge in [0.2, 0.25) is 0 Å². The molecule has 3 aromatic rings. The summed E-state index contributed by atoms with van der Waals surface area (Å²) in [6.45, 7) is 6.43. The summed E-state index contributed by atoms with van der Waals surface area (Å²) < 4.78 is 7.09. The van der Waals surface area contributed by atoms with Crippen molar-refractivity contribution in [1.29, 1.82) is 0 Å². The fourth-order valence-corrected chi connectivity index (χ4v) is 2.84. The van der Waals surface area contributed by atoms with Crippen LogP contribution < -0.4 is 5.32 Å². The van der Waals surface area contributed by atoms with Gasteiger partial charge in [-0.1, -0.05) is 37.2 Å². The molecule has 27 heavy (non-hydrogen) atoms. The Hall–Kier alpha value is -3.09. The number of hydrogen-bond acceptors (Lipinski definition) is 4. The normalized spacial score (nSPS) is 12.2. The molecular formula is C20H25N5O2. The van der Waals surface area contributed by atoms with Crippen molar-refractivity contribution in [2.45, 2.75) is 39.3 Å². The first-order valence-electron chi connectivity index (χ1n) is 9.01. The Morgan fingerprint density at radius 1 is 1.26 bits per heavy atom. The molecule has 142 valence electrons. The van der Waals surface area contributed by atoms with Crippen molar-refractivity contribution in [3.8, 4) is 5.69 Å². The number of hydrogen-bond donors (Lipinski definition) is 1. The molecule has 1 unspecified atom stereocenters. The van der Waals surface area contributed by atoms with E-state index < -0.39 is 0 Å². The predicted octanol–water partition coefficient (Wildman–Crippen LogP) is 3.89. The lowest BCUT2D eigenvalue weighted by molar-refractivity contribution is 0.202. The molecule has 0 spiro atoms.